The Kier molecular flexibility index (Phi) is 3.33. The number of hydrogen-bond acceptors (Lipinski definition) is 3. The third kappa shape index (κ3) is 3.63. The third-order valence-corrected chi connectivity index (χ3v) is 2.34. The van der Waals surface area contributed by atoms with Crippen molar-refractivity contribution in [1.29, 1.82) is 0 Å². The van der Waals surface area contributed by atoms with E-state index in [0.29, 0.717) is 0 Å². The first-order valence-electron chi connectivity index (χ1n) is 4.99. The standard InChI is InChI=1S/C10H22N2O/c1-10(2,3)8-12-6-5-11(4)7-9(12)13/h9,13H,5-8H2,1-4H3. The monoisotopic (exact) mass is 186 g/mol. The van der Waals surface area contributed by atoms with E-state index in [1.807, 2.05) is 0 Å². The zero-order valence-electron chi connectivity index (χ0n) is 9.25. The highest BCUT2D eigenvalue weighted by Gasteiger charge is 2.26. The number of likely N-dealkylation sites (N-methyl/N-ethyl adjacent to an activating group) is 1. The summed E-state index contributed by atoms with van der Waals surface area (Å²) in [4.78, 5) is 4.34. The number of rotatable bonds is 1. The number of aliphatic hydroxyl groups is 1. The smallest absolute Gasteiger partial charge is 0.120 e. The summed E-state index contributed by atoms with van der Waals surface area (Å²) in [5.74, 6) is 0. The summed E-state index contributed by atoms with van der Waals surface area (Å²) >= 11 is 0. The van der Waals surface area contributed by atoms with Crippen LogP contribution in [-0.2, 0) is 0 Å². The van der Waals surface area contributed by atoms with Crippen LogP contribution in [0.1, 0.15) is 20.8 Å². The molecule has 0 aromatic heterocycles. The molecule has 1 atom stereocenters. The quantitative estimate of drug-likeness (QED) is 0.649. The van der Waals surface area contributed by atoms with Gasteiger partial charge in [-0.05, 0) is 12.5 Å². The van der Waals surface area contributed by atoms with Crippen LogP contribution in [0.3, 0.4) is 0 Å². The van der Waals surface area contributed by atoms with Gasteiger partial charge in [-0.25, -0.2) is 0 Å². The van der Waals surface area contributed by atoms with E-state index in [-0.39, 0.29) is 11.6 Å². The highest BCUT2D eigenvalue weighted by atomic mass is 16.3. The minimum Gasteiger partial charge on any atom is -0.377 e. The Labute approximate surface area is 81.3 Å². The van der Waals surface area contributed by atoms with Crippen molar-refractivity contribution in [1.82, 2.24) is 9.80 Å². The van der Waals surface area contributed by atoms with Gasteiger partial charge in [0.05, 0.1) is 0 Å². The number of hydrogen-bond donors (Lipinski definition) is 1. The summed E-state index contributed by atoms with van der Waals surface area (Å²) in [6.07, 6.45) is -0.280. The van der Waals surface area contributed by atoms with E-state index in [1.54, 1.807) is 0 Å². The second-order valence-corrected chi connectivity index (χ2v) is 5.27. The average molecular weight is 186 g/mol. The van der Waals surface area contributed by atoms with Crippen molar-refractivity contribution in [3.05, 3.63) is 0 Å². The molecular formula is C10H22N2O. The minimum absolute atomic E-state index is 0.275. The Balaban J connectivity index is 2.43. The summed E-state index contributed by atoms with van der Waals surface area (Å²) in [6.45, 7) is 10.4. The molecule has 78 valence electrons. The summed E-state index contributed by atoms with van der Waals surface area (Å²) in [5, 5.41) is 9.79. The predicted octanol–water partition coefficient (Wildman–Crippen LogP) is 0.598. The van der Waals surface area contributed by atoms with Crippen LogP contribution in [0.4, 0.5) is 0 Å². The van der Waals surface area contributed by atoms with Crippen molar-refractivity contribution >= 4 is 0 Å². The first kappa shape index (κ1) is 11.0. The van der Waals surface area contributed by atoms with Gasteiger partial charge in [-0.15, -0.1) is 0 Å². The third-order valence-electron chi connectivity index (χ3n) is 2.34. The van der Waals surface area contributed by atoms with Crippen molar-refractivity contribution in [2.24, 2.45) is 5.41 Å². The van der Waals surface area contributed by atoms with Crippen molar-refractivity contribution in [2.75, 3.05) is 33.2 Å². The van der Waals surface area contributed by atoms with E-state index in [0.717, 1.165) is 26.2 Å². The van der Waals surface area contributed by atoms with Gasteiger partial charge in [-0.3, -0.25) is 4.90 Å². The van der Waals surface area contributed by atoms with Gasteiger partial charge in [0, 0.05) is 26.2 Å². The Morgan fingerprint density at radius 2 is 1.92 bits per heavy atom. The fraction of sp³-hybridized carbons (Fsp3) is 1.00. The zero-order chi connectivity index (χ0) is 10.1. The molecule has 1 saturated heterocycles. The predicted molar refractivity (Wildman–Crippen MR) is 54.5 cm³/mol. The fourth-order valence-corrected chi connectivity index (χ4v) is 1.73. The molecule has 1 rings (SSSR count). The van der Waals surface area contributed by atoms with Gasteiger partial charge in [0.25, 0.3) is 0 Å². The van der Waals surface area contributed by atoms with Gasteiger partial charge in [-0.2, -0.15) is 0 Å². The van der Waals surface area contributed by atoms with Crippen LogP contribution in [0.2, 0.25) is 0 Å². The molecule has 1 aliphatic rings. The molecule has 13 heavy (non-hydrogen) atoms. The Morgan fingerprint density at radius 3 is 2.38 bits per heavy atom. The molecule has 0 aromatic rings. The maximum Gasteiger partial charge on any atom is 0.120 e. The fourth-order valence-electron chi connectivity index (χ4n) is 1.73. The zero-order valence-corrected chi connectivity index (χ0v) is 9.25. The molecule has 0 bridgehead atoms. The van der Waals surface area contributed by atoms with Crippen molar-refractivity contribution in [2.45, 2.75) is 27.0 Å². The summed E-state index contributed by atoms with van der Waals surface area (Å²) in [7, 11) is 2.05. The number of nitrogens with zero attached hydrogens (tertiary/aromatic N) is 2. The highest BCUT2D eigenvalue weighted by molar-refractivity contribution is 4.77. The van der Waals surface area contributed by atoms with Crippen molar-refractivity contribution in [3.8, 4) is 0 Å². The molecule has 0 radical (unpaired) electrons. The van der Waals surface area contributed by atoms with Crippen LogP contribution in [0.25, 0.3) is 0 Å². The Hall–Kier alpha value is -0.120. The van der Waals surface area contributed by atoms with Crippen LogP contribution in [0.5, 0.6) is 0 Å². The lowest BCUT2D eigenvalue weighted by Gasteiger charge is -2.40. The largest absolute Gasteiger partial charge is 0.377 e. The van der Waals surface area contributed by atoms with E-state index in [1.165, 1.54) is 0 Å². The molecule has 3 nitrogen and oxygen atoms in total. The summed E-state index contributed by atoms with van der Waals surface area (Å²) in [6, 6.07) is 0. The van der Waals surface area contributed by atoms with E-state index in [9.17, 15) is 5.11 Å². The van der Waals surface area contributed by atoms with Gasteiger partial charge < -0.3 is 10.0 Å². The van der Waals surface area contributed by atoms with Crippen molar-refractivity contribution in [3.63, 3.8) is 0 Å². The van der Waals surface area contributed by atoms with Crippen LogP contribution in [-0.4, -0.2) is 54.4 Å². The molecule has 1 aliphatic heterocycles. The molecule has 0 aromatic carbocycles. The van der Waals surface area contributed by atoms with Gasteiger partial charge in [0.15, 0.2) is 0 Å². The van der Waals surface area contributed by atoms with E-state index in [2.05, 4.69) is 37.6 Å². The maximum atomic E-state index is 9.79. The van der Waals surface area contributed by atoms with Crippen LogP contribution >= 0.6 is 0 Å². The lowest BCUT2D eigenvalue weighted by Crippen LogP contribution is -2.53. The molecule has 0 spiro atoms. The van der Waals surface area contributed by atoms with Gasteiger partial charge in [-0.1, -0.05) is 20.8 Å². The van der Waals surface area contributed by atoms with E-state index >= 15 is 0 Å². The molecule has 0 aliphatic carbocycles. The van der Waals surface area contributed by atoms with Gasteiger partial charge >= 0.3 is 0 Å². The molecule has 1 fully saturated rings. The Bertz CT molecular complexity index is 165. The molecular weight excluding hydrogens is 164 g/mol. The number of piperazine rings is 1. The first-order chi connectivity index (χ1) is 5.88. The SMILES string of the molecule is CN1CCN(CC(C)(C)C)C(O)C1. The van der Waals surface area contributed by atoms with Crippen molar-refractivity contribution < 1.29 is 5.11 Å². The van der Waals surface area contributed by atoms with E-state index in [4.69, 9.17) is 0 Å². The number of aliphatic hydroxyl groups excluding tert-OH is 1. The van der Waals surface area contributed by atoms with Crippen LogP contribution in [0, 0.1) is 5.41 Å². The molecule has 1 heterocycles. The summed E-state index contributed by atoms with van der Waals surface area (Å²) < 4.78 is 0. The lowest BCUT2D eigenvalue weighted by molar-refractivity contribution is -0.0623. The molecule has 1 unspecified atom stereocenters. The second-order valence-electron chi connectivity index (χ2n) is 5.27. The highest BCUT2D eigenvalue weighted by Crippen LogP contribution is 2.18. The average Bonchev–Trinajstić information content (AvgIpc) is 1.93. The molecule has 0 saturated carbocycles. The van der Waals surface area contributed by atoms with Crippen LogP contribution < -0.4 is 0 Å². The molecule has 3 heteroatoms. The maximum absolute atomic E-state index is 9.79. The topological polar surface area (TPSA) is 26.7 Å². The molecule has 0 amide bonds. The van der Waals surface area contributed by atoms with E-state index < -0.39 is 0 Å². The lowest BCUT2D eigenvalue weighted by atomic mass is 9.95. The molecule has 1 N–H and O–H groups in total. The van der Waals surface area contributed by atoms with Gasteiger partial charge in [0.1, 0.15) is 6.23 Å². The normalized spacial score (nSPS) is 27.9. The Morgan fingerprint density at radius 1 is 1.31 bits per heavy atom. The minimum atomic E-state index is -0.280. The second kappa shape index (κ2) is 3.95. The number of β-amino-alcohol motifs (C(OH)–C–C–N with tert-alkyl or cyclic N) is 1. The first-order valence-corrected chi connectivity index (χ1v) is 4.99. The summed E-state index contributed by atoms with van der Waals surface area (Å²) in [5.41, 5.74) is 0.275. The van der Waals surface area contributed by atoms with Gasteiger partial charge in [0.2, 0.25) is 0 Å². The van der Waals surface area contributed by atoms with Crippen LogP contribution in [0.15, 0.2) is 0 Å².